The molecule has 0 saturated carbocycles. The first-order chi connectivity index (χ1) is 10.5. The molecule has 0 spiro atoms. The Labute approximate surface area is 136 Å². The largest absolute Gasteiger partial charge is 0.381 e. The number of anilines is 1. The molecule has 0 unspecified atom stereocenters. The lowest BCUT2D eigenvalue weighted by Gasteiger charge is -2.35. The van der Waals surface area contributed by atoms with Crippen LogP contribution in [0.3, 0.4) is 0 Å². The molecular weight excluding hydrogens is 350 g/mol. The van der Waals surface area contributed by atoms with E-state index >= 15 is 0 Å². The molecule has 22 heavy (non-hydrogen) atoms. The van der Waals surface area contributed by atoms with Crippen molar-refractivity contribution in [2.45, 2.75) is 25.3 Å². The molecule has 1 fully saturated rings. The van der Waals surface area contributed by atoms with Crippen LogP contribution in [0.1, 0.15) is 19.8 Å². The molecule has 116 valence electrons. The maximum absolute atomic E-state index is 11.4. The van der Waals surface area contributed by atoms with Gasteiger partial charge in [0.2, 0.25) is 0 Å². The van der Waals surface area contributed by atoms with Crippen LogP contribution in [-0.2, 0) is 4.74 Å². The van der Waals surface area contributed by atoms with Crippen LogP contribution in [0.15, 0.2) is 28.9 Å². The van der Waals surface area contributed by atoms with Crippen molar-refractivity contribution in [2.24, 2.45) is 0 Å². The van der Waals surface area contributed by atoms with Crippen molar-refractivity contribution >= 4 is 38.2 Å². The lowest BCUT2D eigenvalue weighted by atomic mass is 9.91. The van der Waals surface area contributed by atoms with E-state index in [4.69, 9.17) is 4.74 Å². The molecule has 0 atom stereocenters. The third-order valence-corrected chi connectivity index (χ3v) is 4.52. The van der Waals surface area contributed by atoms with Crippen LogP contribution in [0, 0.1) is 10.1 Å². The predicted molar refractivity (Wildman–Crippen MR) is 88.2 cm³/mol. The third-order valence-electron chi connectivity index (χ3n) is 4.03. The third kappa shape index (κ3) is 2.91. The van der Waals surface area contributed by atoms with Crippen molar-refractivity contribution < 1.29 is 9.66 Å². The summed E-state index contributed by atoms with van der Waals surface area (Å²) in [5.41, 5.74) is 1.03. The number of ether oxygens (including phenoxy) is 1. The first-order valence-electron chi connectivity index (χ1n) is 7.07. The molecule has 2 heterocycles. The van der Waals surface area contributed by atoms with E-state index in [0.717, 1.165) is 28.2 Å². The number of halogens is 1. The number of nitrogens with zero attached hydrogens (tertiary/aromatic N) is 2. The van der Waals surface area contributed by atoms with Gasteiger partial charge in [0.05, 0.1) is 10.4 Å². The highest BCUT2D eigenvalue weighted by atomic mass is 79.9. The lowest BCUT2D eigenvalue weighted by Crippen LogP contribution is -2.40. The minimum absolute atomic E-state index is 0.00156. The zero-order valence-electron chi connectivity index (χ0n) is 12.1. The zero-order valence-corrected chi connectivity index (χ0v) is 13.7. The minimum Gasteiger partial charge on any atom is -0.381 e. The number of rotatable bonds is 3. The second-order valence-electron chi connectivity index (χ2n) is 5.74. The van der Waals surface area contributed by atoms with Gasteiger partial charge < -0.3 is 10.1 Å². The van der Waals surface area contributed by atoms with E-state index in [1.165, 1.54) is 6.20 Å². The molecule has 1 saturated heterocycles. The SMILES string of the molecule is CC1(Nc2c([N+](=O)[O-])cnc3ccc(Br)cc23)CCOCC1. The van der Waals surface area contributed by atoms with Gasteiger partial charge in [0.15, 0.2) is 0 Å². The van der Waals surface area contributed by atoms with Gasteiger partial charge in [-0.25, -0.2) is 4.98 Å². The van der Waals surface area contributed by atoms with Gasteiger partial charge >= 0.3 is 5.69 Å². The van der Waals surface area contributed by atoms with Gasteiger partial charge in [0.25, 0.3) is 0 Å². The first kappa shape index (κ1) is 15.2. The molecule has 1 aromatic heterocycles. The van der Waals surface area contributed by atoms with E-state index in [-0.39, 0.29) is 11.2 Å². The number of hydrogen-bond donors (Lipinski definition) is 1. The molecule has 1 aliphatic rings. The van der Waals surface area contributed by atoms with Crippen LogP contribution in [0.4, 0.5) is 11.4 Å². The average Bonchev–Trinajstić information content (AvgIpc) is 2.48. The Bertz CT molecular complexity index is 729. The summed E-state index contributed by atoms with van der Waals surface area (Å²) < 4.78 is 6.26. The Balaban J connectivity index is 2.13. The summed E-state index contributed by atoms with van der Waals surface area (Å²) in [7, 11) is 0. The van der Waals surface area contributed by atoms with E-state index < -0.39 is 4.92 Å². The smallest absolute Gasteiger partial charge is 0.311 e. The maximum atomic E-state index is 11.4. The van der Waals surface area contributed by atoms with E-state index in [1.807, 2.05) is 18.2 Å². The monoisotopic (exact) mass is 365 g/mol. The molecule has 2 aromatic rings. The highest BCUT2D eigenvalue weighted by Gasteiger charge is 2.30. The summed E-state index contributed by atoms with van der Waals surface area (Å²) in [5.74, 6) is 0. The van der Waals surface area contributed by atoms with E-state index in [9.17, 15) is 10.1 Å². The molecule has 0 bridgehead atoms. The normalized spacial score (nSPS) is 17.4. The second kappa shape index (κ2) is 5.81. The van der Waals surface area contributed by atoms with Crippen LogP contribution >= 0.6 is 15.9 Å². The molecule has 7 heteroatoms. The Morgan fingerprint density at radius 1 is 1.41 bits per heavy atom. The van der Waals surface area contributed by atoms with Crippen LogP contribution in [-0.4, -0.2) is 28.7 Å². The summed E-state index contributed by atoms with van der Waals surface area (Å²) in [4.78, 5) is 15.2. The highest BCUT2D eigenvalue weighted by molar-refractivity contribution is 9.10. The number of hydrogen-bond acceptors (Lipinski definition) is 5. The standard InChI is InChI=1S/C15H16BrN3O3/c1-15(4-6-22-7-5-15)18-14-11-8-10(16)2-3-12(11)17-9-13(14)19(20)21/h2-3,8-9H,4-7H2,1H3,(H,17,18). The van der Waals surface area contributed by atoms with Crippen LogP contribution in [0.2, 0.25) is 0 Å². The van der Waals surface area contributed by atoms with Gasteiger partial charge in [0.1, 0.15) is 11.9 Å². The minimum atomic E-state index is -0.391. The molecule has 6 nitrogen and oxygen atoms in total. The summed E-state index contributed by atoms with van der Waals surface area (Å²) in [5, 5.41) is 15.5. The van der Waals surface area contributed by atoms with E-state index in [0.29, 0.717) is 18.9 Å². The first-order valence-corrected chi connectivity index (χ1v) is 7.86. The van der Waals surface area contributed by atoms with Crippen molar-refractivity contribution in [1.82, 2.24) is 4.98 Å². The molecular formula is C15H16BrN3O3. The molecule has 0 amide bonds. The van der Waals surface area contributed by atoms with Crippen LogP contribution < -0.4 is 5.32 Å². The van der Waals surface area contributed by atoms with Crippen LogP contribution in [0.5, 0.6) is 0 Å². The maximum Gasteiger partial charge on any atom is 0.311 e. The Hall–Kier alpha value is -1.73. The quantitative estimate of drug-likeness (QED) is 0.659. The van der Waals surface area contributed by atoms with Crippen LogP contribution in [0.25, 0.3) is 10.9 Å². The fraction of sp³-hybridized carbons (Fsp3) is 0.400. The molecule has 3 rings (SSSR count). The van der Waals surface area contributed by atoms with Gasteiger partial charge in [-0.1, -0.05) is 15.9 Å². The highest BCUT2D eigenvalue weighted by Crippen LogP contribution is 2.37. The molecule has 0 radical (unpaired) electrons. The lowest BCUT2D eigenvalue weighted by molar-refractivity contribution is -0.384. The van der Waals surface area contributed by atoms with Crippen molar-refractivity contribution in [3.63, 3.8) is 0 Å². The summed E-state index contributed by atoms with van der Waals surface area (Å²) >= 11 is 3.42. The second-order valence-corrected chi connectivity index (χ2v) is 6.65. The average molecular weight is 366 g/mol. The summed E-state index contributed by atoms with van der Waals surface area (Å²) in [6.07, 6.45) is 2.94. The van der Waals surface area contributed by atoms with Gasteiger partial charge in [0, 0.05) is 28.6 Å². The van der Waals surface area contributed by atoms with E-state index in [1.54, 1.807) is 0 Å². The number of nitrogens with one attached hydrogen (secondary N) is 1. The zero-order chi connectivity index (χ0) is 15.7. The van der Waals surface area contributed by atoms with Gasteiger partial charge in [-0.05, 0) is 38.0 Å². The van der Waals surface area contributed by atoms with Crippen molar-refractivity contribution in [1.29, 1.82) is 0 Å². The summed E-state index contributed by atoms with van der Waals surface area (Å²) in [6, 6.07) is 5.59. The van der Waals surface area contributed by atoms with Crippen molar-refractivity contribution in [3.8, 4) is 0 Å². The summed E-state index contributed by atoms with van der Waals surface area (Å²) in [6.45, 7) is 3.39. The molecule has 0 aliphatic carbocycles. The van der Waals surface area contributed by atoms with Crippen molar-refractivity contribution in [3.05, 3.63) is 39.0 Å². The number of aromatic nitrogens is 1. The van der Waals surface area contributed by atoms with Gasteiger partial charge in [-0.2, -0.15) is 0 Å². The number of nitro groups is 1. The van der Waals surface area contributed by atoms with Gasteiger partial charge in [-0.15, -0.1) is 0 Å². The molecule has 1 aliphatic heterocycles. The fourth-order valence-corrected chi connectivity index (χ4v) is 3.03. The Morgan fingerprint density at radius 2 is 2.14 bits per heavy atom. The fourth-order valence-electron chi connectivity index (χ4n) is 2.67. The van der Waals surface area contributed by atoms with Gasteiger partial charge in [-0.3, -0.25) is 10.1 Å². The van der Waals surface area contributed by atoms with E-state index in [2.05, 4.69) is 33.2 Å². The molecule has 1 aromatic carbocycles. The number of pyridine rings is 1. The number of fused-ring (bicyclic) bond motifs is 1. The number of benzene rings is 1. The van der Waals surface area contributed by atoms with Crippen molar-refractivity contribution in [2.75, 3.05) is 18.5 Å². The molecule has 1 N–H and O–H groups in total. The Morgan fingerprint density at radius 3 is 2.82 bits per heavy atom. The topological polar surface area (TPSA) is 77.3 Å². The Kier molecular flexibility index (Phi) is 4.01. The predicted octanol–water partition coefficient (Wildman–Crippen LogP) is 3.89.